The molecule has 2 heterocycles. The van der Waals surface area contributed by atoms with Gasteiger partial charge < -0.3 is 15.8 Å². The van der Waals surface area contributed by atoms with Crippen molar-refractivity contribution in [3.8, 4) is 0 Å². The van der Waals surface area contributed by atoms with Crippen molar-refractivity contribution in [2.75, 3.05) is 24.7 Å². The van der Waals surface area contributed by atoms with Gasteiger partial charge in [0, 0.05) is 19.2 Å². The molecule has 0 bridgehead atoms. The number of nitrogens with one attached hydrogen (secondary N) is 1. The zero-order chi connectivity index (χ0) is 13.9. The van der Waals surface area contributed by atoms with Crippen LogP contribution in [0.5, 0.6) is 0 Å². The van der Waals surface area contributed by atoms with Crippen LogP contribution >= 0.6 is 11.8 Å². The molecule has 1 amide bonds. The van der Waals surface area contributed by atoms with Crippen LogP contribution in [-0.4, -0.2) is 42.2 Å². The number of hydrogen-bond donors (Lipinski definition) is 2. The summed E-state index contributed by atoms with van der Waals surface area (Å²) in [6, 6.07) is 0.454. The van der Waals surface area contributed by atoms with E-state index in [0.29, 0.717) is 12.6 Å². The maximum Gasteiger partial charge on any atom is 0.224 e. The molecule has 0 aliphatic carbocycles. The molecule has 1 spiro atoms. The number of hydrogen-bond acceptors (Lipinski definition) is 4. The molecule has 0 aromatic heterocycles. The molecular weight excluding hydrogens is 260 g/mol. The van der Waals surface area contributed by atoms with Gasteiger partial charge in [-0.3, -0.25) is 4.79 Å². The van der Waals surface area contributed by atoms with Crippen LogP contribution in [-0.2, 0) is 9.53 Å². The average molecular weight is 286 g/mol. The van der Waals surface area contributed by atoms with E-state index >= 15 is 0 Å². The average Bonchev–Trinajstić information content (AvgIpc) is 2.37. The molecule has 4 nitrogen and oxygen atoms in total. The van der Waals surface area contributed by atoms with Gasteiger partial charge in [-0.15, -0.1) is 0 Å². The van der Waals surface area contributed by atoms with Crippen molar-refractivity contribution in [1.29, 1.82) is 0 Å². The zero-order valence-corrected chi connectivity index (χ0v) is 12.9. The molecule has 3 N–H and O–H groups in total. The molecule has 1 unspecified atom stereocenters. The summed E-state index contributed by atoms with van der Waals surface area (Å²) in [7, 11) is 0. The minimum Gasteiger partial charge on any atom is -0.375 e. The van der Waals surface area contributed by atoms with Gasteiger partial charge in [-0.2, -0.15) is 11.8 Å². The number of carbonyl (C=O) groups is 1. The zero-order valence-electron chi connectivity index (χ0n) is 12.0. The first kappa shape index (κ1) is 15.1. The first-order valence-corrected chi connectivity index (χ1v) is 8.34. The van der Waals surface area contributed by atoms with Crippen LogP contribution in [0.4, 0.5) is 0 Å². The van der Waals surface area contributed by atoms with E-state index in [4.69, 9.17) is 10.5 Å². The van der Waals surface area contributed by atoms with E-state index < -0.39 is 5.41 Å². The molecule has 1 atom stereocenters. The molecule has 0 radical (unpaired) electrons. The van der Waals surface area contributed by atoms with Crippen molar-refractivity contribution in [3.63, 3.8) is 0 Å². The summed E-state index contributed by atoms with van der Waals surface area (Å²) in [5.74, 6) is 2.18. The van der Waals surface area contributed by atoms with Crippen LogP contribution in [0, 0.1) is 5.41 Å². The summed E-state index contributed by atoms with van der Waals surface area (Å²) >= 11 is 2.02. The molecule has 0 saturated carbocycles. The Balaban J connectivity index is 1.86. The molecule has 2 rings (SSSR count). The highest BCUT2D eigenvalue weighted by Crippen LogP contribution is 2.37. The predicted octanol–water partition coefficient (Wildman–Crippen LogP) is 1.53. The largest absolute Gasteiger partial charge is 0.375 e. The van der Waals surface area contributed by atoms with Gasteiger partial charge in [0.2, 0.25) is 5.91 Å². The molecule has 2 saturated heterocycles. The summed E-state index contributed by atoms with van der Waals surface area (Å²) < 4.78 is 6.07. The van der Waals surface area contributed by atoms with Crippen molar-refractivity contribution < 1.29 is 9.53 Å². The molecular formula is C14H26N2O2S. The lowest BCUT2D eigenvalue weighted by atomic mass is 9.84. The topological polar surface area (TPSA) is 64.3 Å². The molecule has 5 heteroatoms. The van der Waals surface area contributed by atoms with Gasteiger partial charge in [-0.05, 0) is 51.0 Å². The molecule has 2 fully saturated rings. The van der Waals surface area contributed by atoms with Gasteiger partial charge in [0.25, 0.3) is 0 Å². The Morgan fingerprint density at radius 1 is 1.47 bits per heavy atom. The van der Waals surface area contributed by atoms with Gasteiger partial charge in [0.1, 0.15) is 0 Å². The number of primary amides is 1. The van der Waals surface area contributed by atoms with Crippen LogP contribution in [0.1, 0.15) is 39.5 Å². The van der Waals surface area contributed by atoms with Crippen LogP contribution in [0.2, 0.25) is 0 Å². The van der Waals surface area contributed by atoms with Crippen LogP contribution in [0.15, 0.2) is 0 Å². The number of carbonyl (C=O) groups excluding carboxylic acids is 1. The molecule has 0 aromatic rings. The van der Waals surface area contributed by atoms with E-state index in [2.05, 4.69) is 5.32 Å². The Morgan fingerprint density at radius 2 is 2.16 bits per heavy atom. The molecule has 19 heavy (non-hydrogen) atoms. The third kappa shape index (κ3) is 3.86. The van der Waals surface area contributed by atoms with Gasteiger partial charge >= 0.3 is 0 Å². The second kappa shape index (κ2) is 6.02. The summed E-state index contributed by atoms with van der Waals surface area (Å²) in [4.78, 5) is 11.3. The first-order chi connectivity index (χ1) is 8.94. The van der Waals surface area contributed by atoms with E-state index in [1.165, 1.54) is 11.5 Å². The fraction of sp³-hybridized carbons (Fsp3) is 0.929. The van der Waals surface area contributed by atoms with Crippen molar-refractivity contribution >= 4 is 17.7 Å². The second-order valence-electron chi connectivity index (χ2n) is 6.46. The Hall–Kier alpha value is -0.260. The minimum absolute atomic E-state index is 0.0953. The summed E-state index contributed by atoms with van der Waals surface area (Å²) in [6.07, 6.45) is 4.43. The Kier molecular flexibility index (Phi) is 4.79. The number of nitrogens with two attached hydrogens (primary N) is 1. The van der Waals surface area contributed by atoms with E-state index in [1.54, 1.807) is 0 Å². The van der Waals surface area contributed by atoms with Crippen LogP contribution in [0.3, 0.4) is 0 Å². The van der Waals surface area contributed by atoms with Crippen LogP contribution < -0.4 is 11.1 Å². The van der Waals surface area contributed by atoms with E-state index in [9.17, 15) is 4.79 Å². The molecule has 110 valence electrons. The lowest BCUT2D eigenvalue weighted by Gasteiger charge is -2.44. The smallest absolute Gasteiger partial charge is 0.224 e. The molecule has 0 aromatic carbocycles. The summed E-state index contributed by atoms with van der Waals surface area (Å²) in [5.41, 5.74) is 5.03. The Labute approximate surface area is 120 Å². The van der Waals surface area contributed by atoms with E-state index in [0.717, 1.165) is 32.3 Å². The normalized spacial score (nSPS) is 27.4. The number of amides is 1. The van der Waals surface area contributed by atoms with Gasteiger partial charge in [-0.25, -0.2) is 0 Å². The third-order valence-corrected chi connectivity index (χ3v) is 5.38. The summed E-state index contributed by atoms with van der Waals surface area (Å²) in [5, 5.41) is 3.53. The third-order valence-electron chi connectivity index (χ3n) is 4.40. The predicted molar refractivity (Wildman–Crippen MR) is 79.2 cm³/mol. The van der Waals surface area contributed by atoms with Crippen molar-refractivity contribution in [3.05, 3.63) is 0 Å². The minimum atomic E-state index is -0.478. The molecule has 2 aliphatic rings. The fourth-order valence-electron chi connectivity index (χ4n) is 2.78. The van der Waals surface area contributed by atoms with Gasteiger partial charge in [-0.1, -0.05) is 0 Å². The first-order valence-electron chi connectivity index (χ1n) is 7.19. The number of thioether (sulfide) groups is 1. The highest BCUT2D eigenvalue weighted by Gasteiger charge is 2.39. The molecule has 2 aliphatic heterocycles. The fourth-order valence-corrected chi connectivity index (χ4v) is 4.02. The second-order valence-corrected chi connectivity index (χ2v) is 7.69. The maximum absolute atomic E-state index is 11.3. The number of ether oxygens (including phenoxy) is 1. The quantitative estimate of drug-likeness (QED) is 0.822. The van der Waals surface area contributed by atoms with Gasteiger partial charge in [0.15, 0.2) is 0 Å². The van der Waals surface area contributed by atoms with E-state index in [1.807, 2.05) is 25.6 Å². The lowest BCUT2D eigenvalue weighted by Crippen LogP contribution is -2.51. The van der Waals surface area contributed by atoms with Gasteiger partial charge in [0.05, 0.1) is 11.0 Å². The van der Waals surface area contributed by atoms with E-state index in [-0.39, 0.29) is 11.5 Å². The Bertz CT molecular complexity index is 322. The SMILES string of the molecule is CC(C)(CNC1CCOC2(CCSCC2)C1)C(N)=O. The van der Waals surface area contributed by atoms with Crippen molar-refractivity contribution in [2.45, 2.75) is 51.2 Å². The maximum atomic E-state index is 11.3. The Morgan fingerprint density at radius 3 is 2.79 bits per heavy atom. The van der Waals surface area contributed by atoms with Crippen molar-refractivity contribution in [1.82, 2.24) is 5.32 Å². The lowest BCUT2D eigenvalue weighted by molar-refractivity contribution is -0.126. The number of rotatable bonds is 4. The van der Waals surface area contributed by atoms with Crippen LogP contribution in [0.25, 0.3) is 0 Å². The highest BCUT2D eigenvalue weighted by atomic mass is 32.2. The monoisotopic (exact) mass is 286 g/mol. The summed E-state index contributed by atoms with van der Waals surface area (Å²) in [6.45, 7) is 5.28. The van der Waals surface area contributed by atoms with Crippen molar-refractivity contribution in [2.24, 2.45) is 11.1 Å². The highest BCUT2D eigenvalue weighted by molar-refractivity contribution is 7.99. The standard InChI is InChI=1S/C14H26N2O2S/c1-13(2,12(15)17)10-16-11-3-6-18-14(9-11)4-7-19-8-5-14/h11,16H,3-10H2,1-2H3,(H2,15,17).